The molecule has 150 valence electrons. The minimum Gasteiger partial charge on any atom is -0.316 e. The number of hydrogen-bond donors (Lipinski definition) is 1. The predicted molar refractivity (Wildman–Crippen MR) is 123 cm³/mol. The van der Waals surface area contributed by atoms with E-state index < -0.39 is 0 Å². The molecule has 1 aliphatic rings. The van der Waals surface area contributed by atoms with Crippen LogP contribution in [-0.2, 0) is 17.6 Å². The number of carbonyl (C=O) groups excluding carboxylic acids is 1. The van der Waals surface area contributed by atoms with E-state index >= 15 is 0 Å². The van der Waals surface area contributed by atoms with E-state index in [9.17, 15) is 10.1 Å². The summed E-state index contributed by atoms with van der Waals surface area (Å²) in [6.07, 6.45) is 3.02. The molecule has 0 saturated heterocycles. The average molecular weight is 442 g/mol. The van der Waals surface area contributed by atoms with Crippen LogP contribution in [0.3, 0.4) is 0 Å². The number of hydrogen-bond acceptors (Lipinski definition) is 6. The second-order valence-corrected chi connectivity index (χ2v) is 11.8. The van der Waals surface area contributed by atoms with Crippen molar-refractivity contribution in [1.82, 2.24) is 4.98 Å². The second kappa shape index (κ2) is 8.10. The molecule has 2 heterocycles. The number of thiophene rings is 1. The van der Waals surface area contributed by atoms with E-state index in [1.165, 1.54) is 16.6 Å². The zero-order valence-corrected chi connectivity index (χ0v) is 19.2. The molecule has 0 aliphatic heterocycles. The van der Waals surface area contributed by atoms with Gasteiger partial charge in [0, 0.05) is 4.88 Å². The highest BCUT2D eigenvalue weighted by Crippen LogP contribution is 2.44. The molecule has 1 aliphatic carbocycles. The number of aromatic nitrogens is 1. The van der Waals surface area contributed by atoms with Crippen molar-refractivity contribution in [3.63, 3.8) is 0 Å². The summed E-state index contributed by atoms with van der Waals surface area (Å²) in [4.78, 5) is 18.4. The molecule has 0 bridgehead atoms. The number of amides is 1. The van der Waals surface area contributed by atoms with Gasteiger partial charge in [0.1, 0.15) is 11.1 Å². The van der Waals surface area contributed by atoms with Gasteiger partial charge in [-0.15, -0.1) is 22.7 Å². The maximum absolute atomic E-state index is 12.5. The van der Waals surface area contributed by atoms with Gasteiger partial charge in [0.05, 0.1) is 21.5 Å². The summed E-state index contributed by atoms with van der Waals surface area (Å²) in [7, 11) is 0. The van der Waals surface area contributed by atoms with Crippen LogP contribution in [0.15, 0.2) is 28.6 Å². The normalized spacial score (nSPS) is 16.4. The van der Waals surface area contributed by atoms with Gasteiger partial charge in [0.15, 0.2) is 4.34 Å². The number of benzene rings is 1. The lowest BCUT2D eigenvalue weighted by Gasteiger charge is -2.33. The van der Waals surface area contributed by atoms with Gasteiger partial charge in [-0.1, -0.05) is 44.7 Å². The first-order valence-corrected chi connectivity index (χ1v) is 12.3. The monoisotopic (exact) mass is 441 g/mol. The molecule has 0 spiro atoms. The number of nitriles is 1. The molecule has 1 N–H and O–H groups in total. The van der Waals surface area contributed by atoms with Gasteiger partial charge in [-0.25, -0.2) is 4.98 Å². The highest BCUT2D eigenvalue weighted by atomic mass is 32.2. The summed E-state index contributed by atoms with van der Waals surface area (Å²) in [5.74, 6) is 0.813. The summed E-state index contributed by atoms with van der Waals surface area (Å²) in [5, 5.41) is 13.4. The molecule has 7 heteroatoms. The highest BCUT2D eigenvalue weighted by molar-refractivity contribution is 8.01. The molecule has 4 nitrogen and oxygen atoms in total. The van der Waals surface area contributed by atoms with Gasteiger partial charge in [-0.05, 0) is 48.3 Å². The number of fused-ring (bicyclic) bond motifs is 2. The molecule has 4 rings (SSSR count). The standard InChI is InChI=1S/C22H23N3OS3/c1-22(2,3)13-8-9-14-15(11-23)20(28-18(14)10-13)25-19(26)12-27-21-24-16-6-4-5-7-17(16)29-21/h4-7,13H,8-10,12H2,1-3H3,(H,25,26). The lowest BCUT2D eigenvalue weighted by atomic mass is 9.72. The fourth-order valence-corrected chi connectivity index (χ4v) is 6.90. The maximum Gasteiger partial charge on any atom is 0.235 e. The third kappa shape index (κ3) is 4.35. The first kappa shape index (κ1) is 20.4. The Labute approximate surface area is 183 Å². The van der Waals surface area contributed by atoms with Crippen molar-refractivity contribution in [2.24, 2.45) is 11.3 Å². The first-order chi connectivity index (χ1) is 13.8. The number of rotatable bonds is 4. The minimum absolute atomic E-state index is 0.0864. The Balaban J connectivity index is 1.44. The molecule has 0 fully saturated rings. The molecular formula is C22H23N3OS3. The van der Waals surface area contributed by atoms with E-state index in [1.807, 2.05) is 24.3 Å². The largest absolute Gasteiger partial charge is 0.316 e. The molecule has 0 saturated carbocycles. The molecule has 0 radical (unpaired) electrons. The van der Waals surface area contributed by atoms with Crippen LogP contribution >= 0.6 is 34.4 Å². The van der Waals surface area contributed by atoms with Crippen LogP contribution in [0.5, 0.6) is 0 Å². The maximum atomic E-state index is 12.5. The molecular weight excluding hydrogens is 418 g/mol. The van der Waals surface area contributed by atoms with E-state index in [-0.39, 0.29) is 17.1 Å². The third-order valence-electron chi connectivity index (χ3n) is 5.46. The third-order valence-corrected chi connectivity index (χ3v) is 8.80. The van der Waals surface area contributed by atoms with Crippen molar-refractivity contribution in [3.05, 3.63) is 40.3 Å². The fraction of sp³-hybridized carbons (Fsp3) is 0.409. The molecule has 1 aromatic carbocycles. The number of para-hydroxylation sites is 1. The Kier molecular flexibility index (Phi) is 5.69. The molecule has 29 heavy (non-hydrogen) atoms. The van der Waals surface area contributed by atoms with Crippen molar-refractivity contribution in [3.8, 4) is 6.07 Å². The highest BCUT2D eigenvalue weighted by Gasteiger charge is 2.32. The first-order valence-electron chi connectivity index (χ1n) is 9.68. The van der Waals surface area contributed by atoms with Gasteiger partial charge in [-0.2, -0.15) is 5.26 Å². The molecule has 2 aromatic heterocycles. The summed E-state index contributed by atoms with van der Waals surface area (Å²) >= 11 is 4.63. The molecule has 1 unspecified atom stereocenters. The van der Waals surface area contributed by atoms with Gasteiger partial charge >= 0.3 is 0 Å². The van der Waals surface area contributed by atoms with Crippen LogP contribution in [0.2, 0.25) is 0 Å². The quantitative estimate of drug-likeness (QED) is 0.496. The topological polar surface area (TPSA) is 65.8 Å². The van der Waals surface area contributed by atoms with Crippen molar-refractivity contribution < 1.29 is 4.79 Å². The lowest BCUT2D eigenvalue weighted by molar-refractivity contribution is -0.113. The van der Waals surface area contributed by atoms with Crippen LogP contribution in [0.4, 0.5) is 5.00 Å². The van der Waals surface area contributed by atoms with Gasteiger partial charge < -0.3 is 5.32 Å². The van der Waals surface area contributed by atoms with Gasteiger partial charge in [0.2, 0.25) is 5.91 Å². The van der Waals surface area contributed by atoms with Crippen LogP contribution in [0, 0.1) is 22.7 Å². The Bertz CT molecular complexity index is 1070. The molecule has 3 aromatic rings. The van der Waals surface area contributed by atoms with Crippen molar-refractivity contribution in [2.45, 2.75) is 44.4 Å². The van der Waals surface area contributed by atoms with Crippen molar-refractivity contribution in [1.29, 1.82) is 5.26 Å². The average Bonchev–Trinajstić information content (AvgIpc) is 3.25. The predicted octanol–water partition coefficient (Wildman–Crippen LogP) is 6.11. The van der Waals surface area contributed by atoms with Crippen LogP contribution in [0.1, 0.15) is 43.2 Å². The van der Waals surface area contributed by atoms with Crippen LogP contribution < -0.4 is 5.32 Å². The number of nitrogens with zero attached hydrogens (tertiary/aromatic N) is 2. The van der Waals surface area contributed by atoms with E-state index in [1.54, 1.807) is 22.7 Å². The smallest absolute Gasteiger partial charge is 0.235 e. The van der Waals surface area contributed by atoms with E-state index in [4.69, 9.17) is 0 Å². The van der Waals surface area contributed by atoms with Gasteiger partial charge in [-0.3, -0.25) is 4.79 Å². The van der Waals surface area contributed by atoms with Gasteiger partial charge in [0.25, 0.3) is 0 Å². The summed E-state index contributed by atoms with van der Waals surface area (Å²) in [6, 6.07) is 10.3. The molecule has 1 amide bonds. The fourth-order valence-electron chi connectivity index (χ4n) is 3.73. The van der Waals surface area contributed by atoms with E-state index in [0.717, 1.165) is 39.4 Å². The second-order valence-electron chi connectivity index (χ2n) is 8.41. The Morgan fingerprint density at radius 3 is 2.86 bits per heavy atom. The van der Waals surface area contributed by atoms with E-state index in [2.05, 4.69) is 37.1 Å². The summed E-state index contributed by atoms with van der Waals surface area (Å²) in [5.41, 5.74) is 3.03. The number of anilines is 1. The van der Waals surface area contributed by atoms with Crippen LogP contribution in [-0.4, -0.2) is 16.6 Å². The summed E-state index contributed by atoms with van der Waals surface area (Å²) < 4.78 is 2.02. The van der Waals surface area contributed by atoms with Crippen LogP contribution in [0.25, 0.3) is 10.2 Å². The lowest BCUT2D eigenvalue weighted by Crippen LogP contribution is -2.26. The molecule has 1 atom stereocenters. The number of nitrogens with one attached hydrogen (secondary N) is 1. The number of thiazole rings is 1. The zero-order chi connectivity index (χ0) is 20.6. The Morgan fingerprint density at radius 1 is 1.34 bits per heavy atom. The summed E-state index contributed by atoms with van der Waals surface area (Å²) in [6.45, 7) is 6.84. The van der Waals surface area contributed by atoms with Crippen molar-refractivity contribution in [2.75, 3.05) is 11.1 Å². The number of carbonyl (C=O) groups is 1. The Hall–Kier alpha value is -1.88. The van der Waals surface area contributed by atoms with Crippen molar-refractivity contribution >= 4 is 55.6 Å². The van der Waals surface area contributed by atoms with E-state index in [0.29, 0.717) is 16.5 Å². The zero-order valence-electron chi connectivity index (χ0n) is 16.7. The SMILES string of the molecule is CC(C)(C)C1CCc2c(sc(NC(=O)CSc3nc4ccccc4s3)c2C#N)C1. The minimum atomic E-state index is -0.0864. The Morgan fingerprint density at radius 2 is 2.14 bits per heavy atom. The number of thioether (sulfide) groups is 1.